The van der Waals surface area contributed by atoms with Crippen LogP contribution in [-0.4, -0.2) is 23.9 Å². The molecule has 0 atom stereocenters. The van der Waals surface area contributed by atoms with Crippen LogP contribution in [0.2, 0.25) is 0 Å². The lowest BCUT2D eigenvalue weighted by molar-refractivity contribution is -0.140. The van der Waals surface area contributed by atoms with Gasteiger partial charge in [-0.15, -0.1) is 11.3 Å². The van der Waals surface area contributed by atoms with Crippen LogP contribution in [0.3, 0.4) is 0 Å². The van der Waals surface area contributed by atoms with E-state index < -0.39 is 23.7 Å². The molecule has 0 saturated heterocycles. The number of aromatic nitrogens is 1. The van der Waals surface area contributed by atoms with E-state index in [9.17, 15) is 22.8 Å². The number of ether oxygens (including phenoxy) is 2. The van der Waals surface area contributed by atoms with E-state index in [4.69, 9.17) is 24.0 Å². The minimum Gasteiger partial charge on any atom is -0.497 e. The molecule has 200 valence electrons. The van der Waals surface area contributed by atoms with Crippen molar-refractivity contribution in [2.75, 3.05) is 12.4 Å². The number of pyridine rings is 1. The van der Waals surface area contributed by atoms with E-state index in [0.717, 1.165) is 6.07 Å². The van der Waals surface area contributed by atoms with Crippen LogP contribution in [0, 0.1) is 0 Å². The number of carbonyl (C=O) groups is 2. The predicted molar refractivity (Wildman–Crippen MR) is 135 cm³/mol. The smallest absolute Gasteiger partial charge is 0.433 e. The number of thiophene rings is 1. The number of nitrogens with two attached hydrogens (primary N) is 1. The average Bonchev–Trinajstić information content (AvgIpc) is 3.67. The molecule has 0 radical (unpaired) electrons. The number of hydrogen-bond donors (Lipinski definition) is 2. The summed E-state index contributed by atoms with van der Waals surface area (Å²) in [6, 6.07) is 13.5. The first-order valence-electron chi connectivity index (χ1n) is 11.2. The molecule has 0 saturated carbocycles. The summed E-state index contributed by atoms with van der Waals surface area (Å²) in [6.45, 7) is 0.0142. The standard InChI is InChI=1S/C26H18F3N3O6S/c1-35-13-4-6-14(7-5-13)37-12-15-8-9-18(38-15)24(34)32-21-20-16(17-3-2-10-36-17)11-19(26(27,28)29)31-25(20)39-22(21)23(30)33/h2-11H,12H2,1H3,(H2,30,33)(H,32,34). The molecular weight excluding hydrogens is 539 g/mol. The molecule has 0 aliphatic rings. The number of primary amides is 1. The van der Waals surface area contributed by atoms with Gasteiger partial charge in [0.25, 0.3) is 11.8 Å². The maximum atomic E-state index is 13.6. The van der Waals surface area contributed by atoms with Gasteiger partial charge < -0.3 is 29.4 Å². The molecule has 0 unspecified atom stereocenters. The van der Waals surface area contributed by atoms with Gasteiger partial charge in [-0.25, -0.2) is 4.98 Å². The maximum Gasteiger partial charge on any atom is 0.433 e. The summed E-state index contributed by atoms with van der Waals surface area (Å²) in [5, 5.41) is 2.62. The number of furan rings is 2. The average molecular weight is 558 g/mol. The number of amides is 2. The van der Waals surface area contributed by atoms with Crippen LogP contribution in [0.1, 0.15) is 31.7 Å². The molecule has 0 fully saturated rings. The van der Waals surface area contributed by atoms with Crippen LogP contribution in [0.5, 0.6) is 11.5 Å². The largest absolute Gasteiger partial charge is 0.497 e. The predicted octanol–water partition coefficient (Wildman–Crippen LogP) is 6.11. The first kappa shape index (κ1) is 25.9. The Morgan fingerprint density at radius 2 is 1.85 bits per heavy atom. The van der Waals surface area contributed by atoms with Gasteiger partial charge in [0, 0.05) is 10.9 Å². The van der Waals surface area contributed by atoms with Crippen LogP contribution in [0.4, 0.5) is 18.9 Å². The van der Waals surface area contributed by atoms with Crippen molar-refractivity contribution in [3.63, 3.8) is 0 Å². The van der Waals surface area contributed by atoms with E-state index in [1.165, 1.54) is 30.5 Å². The number of nitrogens with zero attached hydrogens (tertiary/aromatic N) is 1. The van der Waals surface area contributed by atoms with Gasteiger partial charge in [-0.05, 0) is 54.6 Å². The van der Waals surface area contributed by atoms with Crippen molar-refractivity contribution in [2.45, 2.75) is 12.8 Å². The summed E-state index contributed by atoms with van der Waals surface area (Å²) in [7, 11) is 1.55. The monoisotopic (exact) mass is 557 g/mol. The molecule has 0 aliphatic heterocycles. The van der Waals surface area contributed by atoms with E-state index in [0.29, 0.717) is 28.6 Å². The molecule has 4 heterocycles. The number of methoxy groups -OCH3 is 1. The van der Waals surface area contributed by atoms with Crippen molar-refractivity contribution in [3.05, 3.63) is 83.0 Å². The Bertz CT molecular complexity index is 1660. The van der Waals surface area contributed by atoms with Crippen LogP contribution in [0.15, 0.2) is 69.7 Å². The van der Waals surface area contributed by atoms with E-state index in [2.05, 4.69) is 10.3 Å². The van der Waals surface area contributed by atoms with Crippen LogP contribution < -0.4 is 20.5 Å². The minimum atomic E-state index is -4.77. The summed E-state index contributed by atoms with van der Waals surface area (Å²) >= 11 is 0.623. The summed E-state index contributed by atoms with van der Waals surface area (Å²) in [4.78, 5) is 28.6. The Kier molecular flexibility index (Phi) is 6.74. The first-order chi connectivity index (χ1) is 18.6. The fraction of sp³-hybridized carbons (Fsp3) is 0.115. The van der Waals surface area contributed by atoms with Gasteiger partial charge in [-0.1, -0.05) is 0 Å². The Balaban J connectivity index is 1.46. The lowest BCUT2D eigenvalue weighted by Gasteiger charge is -2.10. The van der Waals surface area contributed by atoms with Crippen LogP contribution in [-0.2, 0) is 12.8 Å². The van der Waals surface area contributed by atoms with Gasteiger partial charge in [0.15, 0.2) is 5.76 Å². The van der Waals surface area contributed by atoms with Crippen LogP contribution in [0.25, 0.3) is 21.5 Å². The highest BCUT2D eigenvalue weighted by Gasteiger charge is 2.35. The number of alkyl halides is 3. The van der Waals surface area contributed by atoms with Crippen molar-refractivity contribution in [2.24, 2.45) is 5.73 Å². The highest BCUT2D eigenvalue weighted by molar-refractivity contribution is 7.21. The quantitative estimate of drug-likeness (QED) is 0.236. The van der Waals surface area contributed by atoms with Gasteiger partial charge in [0.1, 0.15) is 45.0 Å². The lowest BCUT2D eigenvalue weighted by Crippen LogP contribution is -2.16. The zero-order chi connectivity index (χ0) is 27.7. The van der Waals surface area contributed by atoms with Crippen molar-refractivity contribution < 1.29 is 41.1 Å². The topological polar surface area (TPSA) is 130 Å². The van der Waals surface area contributed by atoms with Gasteiger partial charge in [0.05, 0.1) is 19.1 Å². The first-order valence-corrected chi connectivity index (χ1v) is 12.0. The highest BCUT2D eigenvalue weighted by atomic mass is 32.1. The normalized spacial score (nSPS) is 11.5. The number of benzene rings is 1. The molecule has 0 spiro atoms. The van der Waals surface area contributed by atoms with Crippen molar-refractivity contribution in [1.29, 1.82) is 0 Å². The zero-order valence-corrected chi connectivity index (χ0v) is 20.8. The third-order valence-electron chi connectivity index (χ3n) is 5.53. The third-order valence-corrected chi connectivity index (χ3v) is 6.63. The van der Waals surface area contributed by atoms with Gasteiger partial charge in [-0.2, -0.15) is 13.2 Å². The lowest BCUT2D eigenvalue weighted by atomic mass is 10.1. The minimum absolute atomic E-state index is 0.0142. The molecule has 2 amide bonds. The third kappa shape index (κ3) is 5.29. The van der Waals surface area contributed by atoms with E-state index in [1.807, 2.05) is 0 Å². The SMILES string of the molecule is COc1ccc(OCc2ccc(C(=O)Nc3c(C(N)=O)sc4nc(C(F)(F)F)cc(-c5ccco5)c34)o2)cc1. The summed E-state index contributed by atoms with van der Waals surface area (Å²) in [5.41, 5.74) is 4.18. The van der Waals surface area contributed by atoms with Gasteiger partial charge in [-0.3, -0.25) is 9.59 Å². The molecule has 0 aliphatic carbocycles. The highest BCUT2D eigenvalue weighted by Crippen LogP contribution is 2.43. The summed E-state index contributed by atoms with van der Waals surface area (Å²) < 4.78 is 62.3. The zero-order valence-electron chi connectivity index (χ0n) is 20.0. The Morgan fingerprint density at radius 1 is 1.10 bits per heavy atom. The van der Waals surface area contributed by atoms with E-state index in [1.54, 1.807) is 31.4 Å². The van der Waals surface area contributed by atoms with Gasteiger partial charge in [0.2, 0.25) is 0 Å². The molecule has 5 rings (SSSR count). The van der Waals surface area contributed by atoms with E-state index >= 15 is 0 Å². The molecule has 13 heteroatoms. The summed E-state index contributed by atoms with van der Waals surface area (Å²) in [5.74, 6) is -0.237. The van der Waals surface area contributed by atoms with Crippen LogP contribution >= 0.6 is 11.3 Å². The number of hydrogen-bond acceptors (Lipinski definition) is 8. The fourth-order valence-electron chi connectivity index (χ4n) is 3.74. The number of carbonyl (C=O) groups excluding carboxylic acids is 2. The second-order valence-corrected chi connectivity index (χ2v) is 9.06. The molecule has 3 N–H and O–H groups in total. The molecule has 4 aromatic heterocycles. The van der Waals surface area contributed by atoms with Crippen molar-refractivity contribution >= 4 is 39.1 Å². The molecule has 5 aromatic rings. The molecule has 39 heavy (non-hydrogen) atoms. The van der Waals surface area contributed by atoms with Crippen molar-refractivity contribution in [3.8, 4) is 22.8 Å². The Labute approximate surface area is 221 Å². The Hall–Kier alpha value is -4.78. The number of rotatable bonds is 8. The molecule has 9 nitrogen and oxygen atoms in total. The van der Waals surface area contributed by atoms with Gasteiger partial charge >= 0.3 is 6.18 Å². The number of halogens is 3. The number of anilines is 1. The Morgan fingerprint density at radius 3 is 2.49 bits per heavy atom. The maximum absolute atomic E-state index is 13.6. The summed E-state index contributed by atoms with van der Waals surface area (Å²) in [6.07, 6.45) is -3.48. The second kappa shape index (κ2) is 10.2. The molecule has 1 aromatic carbocycles. The molecule has 0 bridgehead atoms. The van der Waals surface area contributed by atoms with Crippen molar-refractivity contribution in [1.82, 2.24) is 4.98 Å². The van der Waals surface area contributed by atoms with E-state index in [-0.39, 0.29) is 44.5 Å². The fourth-order valence-corrected chi connectivity index (χ4v) is 4.75. The number of nitrogens with one attached hydrogen (secondary N) is 1. The molecular formula is C26H18F3N3O6S. The number of fused-ring (bicyclic) bond motifs is 1. The second-order valence-electron chi connectivity index (χ2n) is 8.06.